The van der Waals surface area contributed by atoms with E-state index in [1.807, 2.05) is 0 Å². The van der Waals surface area contributed by atoms with Crippen LogP contribution in [0.25, 0.3) is 0 Å². The average Bonchev–Trinajstić information content (AvgIpc) is 2.62. The van der Waals surface area contributed by atoms with Gasteiger partial charge in [0.2, 0.25) is 0 Å². The van der Waals surface area contributed by atoms with Crippen LogP contribution >= 0.6 is 7.67 Å². The molecule has 5 heteroatoms. The molecule has 0 radical (unpaired) electrons. The highest BCUT2D eigenvalue weighted by atomic mass is 31.2. The molecule has 0 aromatic carbocycles. The van der Waals surface area contributed by atoms with Crippen molar-refractivity contribution in [2.24, 2.45) is 0 Å². The van der Waals surface area contributed by atoms with E-state index in [9.17, 15) is 9.46 Å². The lowest BCUT2D eigenvalue weighted by Gasteiger charge is -2.10. The fraction of sp³-hybridized carbons (Fsp3) is 1.00. The van der Waals surface area contributed by atoms with Crippen LogP contribution in [0.3, 0.4) is 0 Å². The first-order valence-electron chi connectivity index (χ1n) is 3.05. The third kappa shape index (κ3) is 0.923. The van der Waals surface area contributed by atoms with Crippen LogP contribution in [0, 0.1) is 0 Å². The van der Waals surface area contributed by atoms with Crippen molar-refractivity contribution in [2.45, 2.75) is 0 Å². The first-order valence-corrected chi connectivity index (χ1v) is 4.61. The minimum atomic E-state index is -2.95. The Morgan fingerprint density at radius 1 is 1.11 bits per heavy atom. The summed E-state index contributed by atoms with van der Waals surface area (Å²) < 4.78 is 14.4. The van der Waals surface area contributed by atoms with Gasteiger partial charge in [-0.25, -0.2) is 9.34 Å². The third-order valence-electron chi connectivity index (χ3n) is 1.58. The molecule has 0 bridgehead atoms. The zero-order chi connectivity index (χ0) is 6.48. The van der Waals surface area contributed by atoms with Gasteiger partial charge in [-0.05, 0) is 0 Å². The molecule has 0 amide bonds. The summed E-state index contributed by atoms with van der Waals surface area (Å²) in [7, 11) is -2.95. The first-order chi connectivity index (χ1) is 4.21. The van der Waals surface area contributed by atoms with Gasteiger partial charge in [-0.2, -0.15) is 0 Å². The molecular formula is C4H9N2O2P. The molecule has 0 unspecified atom stereocenters. The second-order valence-electron chi connectivity index (χ2n) is 2.42. The van der Waals surface area contributed by atoms with E-state index in [4.69, 9.17) is 0 Å². The van der Waals surface area contributed by atoms with Crippen LogP contribution in [0.1, 0.15) is 0 Å². The summed E-state index contributed by atoms with van der Waals surface area (Å²) in [5.74, 6) is 0. The lowest BCUT2D eigenvalue weighted by atomic mass is 11.0. The highest BCUT2D eigenvalue weighted by Crippen LogP contribution is 2.56. The van der Waals surface area contributed by atoms with E-state index in [2.05, 4.69) is 0 Å². The van der Waals surface area contributed by atoms with Crippen LogP contribution in [-0.4, -0.2) is 40.4 Å². The lowest BCUT2D eigenvalue weighted by Crippen LogP contribution is -2.01. The fourth-order valence-electron chi connectivity index (χ4n) is 0.789. The standard InChI is InChI=1S/C4H9N2O2P/c7-9(8,5-1-2-5)6-3-4-6/h1-4H2,(H,7,8). The zero-order valence-corrected chi connectivity index (χ0v) is 5.92. The van der Waals surface area contributed by atoms with Crippen molar-refractivity contribution in [3.05, 3.63) is 0 Å². The third-order valence-corrected chi connectivity index (χ3v) is 3.86. The highest BCUT2D eigenvalue weighted by Gasteiger charge is 2.46. The fourth-order valence-corrected chi connectivity index (χ4v) is 2.37. The van der Waals surface area contributed by atoms with Gasteiger partial charge in [-0.3, -0.25) is 4.57 Å². The Bertz CT molecular complexity index is 159. The van der Waals surface area contributed by atoms with Crippen LogP contribution in [0.2, 0.25) is 0 Å². The predicted molar refractivity (Wildman–Crippen MR) is 33.0 cm³/mol. The number of hydrogen-bond donors (Lipinski definition) is 1. The Morgan fingerprint density at radius 3 is 1.67 bits per heavy atom. The molecule has 1 N–H and O–H groups in total. The van der Waals surface area contributed by atoms with E-state index in [1.54, 1.807) is 9.34 Å². The van der Waals surface area contributed by atoms with Crippen molar-refractivity contribution in [1.82, 2.24) is 9.34 Å². The van der Waals surface area contributed by atoms with Crippen molar-refractivity contribution >= 4 is 7.67 Å². The van der Waals surface area contributed by atoms with E-state index in [1.165, 1.54) is 0 Å². The molecular weight excluding hydrogens is 139 g/mol. The Morgan fingerprint density at radius 2 is 1.44 bits per heavy atom. The minimum absolute atomic E-state index is 0.796. The maximum Gasteiger partial charge on any atom is 0.343 e. The summed E-state index contributed by atoms with van der Waals surface area (Å²) in [6.07, 6.45) is 0. The molecule has 2 rings (SSSR count). The second kappa shape index (κ2) is 1.58. The molecule has 2 aliphatic rings. The molecule has 2 aliphatic heterocycles. The Hall–Kier alpha value is 0.110. The van der Waals surface area contributed by atoms with Crippen LogP contribution in [0.15, 0.2) is 0 Å². The second-order valence-corrected chi connectivity index (χ2v) is 4.58. The largest absolute Gasteiger partial charge is 0.343 e. The molecule has 2 fully saturated rings. The van der Waals surface area contributed by atoms with Gasteiger partial charge >= 0.3 is 7.67 Å². The molecule has 0 saturated carbocycles. The summed E-state index contributed by atoms with van der Waals surface area (Å²) >= 11 is 0. The normalized spacial score (nSPS) is 28.6. The van der Waals surface area contributed by atoms with Crippen LogP contribution in [0.5, 0.6) is 0 Å². The van der Waals surface area contributed by atoms with Gasteiger partial charge in [-0.1, -0.05) is 0 Å². The van der Waals surface area contributed by atoms with Crippen molar-refractivity contribution < 1.29 is 9.46 Å². The van der Waals surface area contributed by atoms with E-state index in [0.717, 1.165) is 26.2 Å². The molecule has 2 saturated heterocycles. The average molecular weight is 148 g/mol. The maximum atomic E-state index is 11.1. The first kappa shape index (κ1) is 5.86. The van der Waals surface area contributed by atoms with Crippen LogP contribution in [0.4, 0.5) is 0 Å². The lowest BCUT2D eigenvalue weighted by molar-refractivity contribution is 0.404. The van der Waals surface area contributed by atoms with E-state index in [0.29, 0.717) is 0 Å². The van der Waals surface area contributed by atoms with E-state index in [-0.39, 0.29) is 0 Å². The van der Waals surface area contributed by atoms with Crippen LogP contribution < -0.4 is 0 Å². The molecule has 0 aliphatic carbocycles. The maximum absolute atomic E-state index is 11.1. The minimum Gasteiger partial charge on any atom is -0.322 e. The van der Waals surface area contributed by atoms with Gasteiger partial charge in [0.25, 0.3) is 0 Å². The summed E-state index contributed by atoms with van der Waals surface area (Å²) in [6.45, 7) is 3.18. The highest BCUT2D eigenvalue weighted by molar-refractivity contribution is 7.53. The molecule has 2 heterocycles. The van der Waals surface area contributed by atoms with Gasteiger partial charge in [-0.15, -0.1) is 0 Å². The summed E-state index contributed by atoms with van der Waals surface area (Å²) in [5, 5.41) is 0. The van der Waals surface area contributed by atoms with E-state index >= 15 is 0 Å². The van der Waals surface area contributed by atoms with Crippen LogP contribution in [-0.2, 0) is 4.57 Å². The number of hydrogen-bond acceptors (Lipinski definition) is 1. The zero-order valence-electron chi connectivity index (χ0n) is 5.03. The van der Waals surface area contributed by atoms with Gasteiger partial charge in [0.1, 0.15) is 0 Å². The van der Waals surface area contributed by atoms with Gasteiger partial charge in [0.05, 0.1) is 0 Å². The van der Waals surface area contributed by atoms with Gasteiger partial charge < -0.3 is 4.89 Å². The van der Waals surface area contributed by atoms with Crippen molar-refractivity contribution in [3.63, 3.8) is 0 Å². The summed E-state index contributed by atoms with van der Waals surface area (Å²) in [4.78, 5) is 9.20. The topological polar surface area (TPSA) is 43.3 Å². The SMILES string of the molecule is O=P(O)(N1CC1)N1CC1. The number of rotatable bonds is 2. The molecule has 0 spiro atoms. The summed E-state index contributed by atoms with van der Waals surface area (Å²) in [5.41, 5.74) is 0. The molecule has 4 nitrogen and oxygen atoms in total. The van der Waals surface area contributed by atoms with Crippen molar-refractivity contribution in [3.8, 4) is 0 Å². The quantitative estimate of drug-likeness (QED) is 0.432. The van der Waals surface area contributed by atoms with Crippen molar-refractivity contribution in [2.75, 3.05) is 26.2 Å². The summed E-state index contributed by atoms with van der Waals surface area (Å²) in [6, 6.07) is 0. The van der Waals surface area contributed by atoms with Crippen molar-refractivity contribution in [1.29, 1.82) is 0 Å². The molecule has 0 aromatic heterocycles. The smallest absolute Gasteiger partial charge is 0.322 e. The molecule has 0 atom stereocenters. The molecule has 9 heavy (non-hydrogen) atoms. The Kier molecular flexibility index (Phi) is 1.03. The Labute approximate surface area is 53.6 Å². The number of nitrogens with zero attached hydrogens (tertiary/aromatic N) is 2. The predicted octanol–water partition coefficient (Wildman–Crippen LogP) is -0.282. The van der Waals surface area contributed by atoms with E-state index < -0.39 is 7.67 Å². The van der Waals surface area contributed by atoms with Gasteiger partial charge in [0.15, 0.2) is 0 Å². The Balaban J connectivity index is 2.10. The monoisotopic (exact) mass is 148 g/mol. The van der Waals surface area contributed by atoms with Gasteiger partial charge in [0, 0.05) is 26.2 Å². The molecule has 52 valence electrons. The molecule has 0 aromatic rings.